The summed E-state index contributed by atoms with van der Waals surface area (Å²) in [7, 11) is 1.74. The number of halogens is 2. The number of amides is 1. The van der Waals surface area contributed by atoms with Crippen LogP contribution in [-0.4, -0.2) is 37.4 Å². The van der Waals surface area contributed by atoms with Gasteiger partial charge in [-0.15, -0.1) is 0 Å². The molecule has 0 aliphatic carbocycles. The largest absolute Gasteiger partial charge is 0.470 e. The van der Waals surface area contributed by atoms with Crippen molar-refractivity contribution in [2.75, 3.05) is 7.05 Å². The second-order valence-electron chi connectivity index (χ2n) is 6.30. The van der Waals surface area contributed by atoms with Gasteiger partial charge < -0.3 is 9.64 Å². The van der Waals surface area contributed by atoms with E-state index in [1.807, 2.05) is 18.5 Å². The molecule has 1 aromatic carbocycles. The number of ether oxygens (including phenoxy) is 1. The smallest absolute Gasteiger partial charge is 0.274 e. The van der Waals surface area contributed by atoms with E-state index in [0.29, 0.717) is 28.0 Å². The zero-order chi connectivity index (χ0) is 20.3. The van der Waals surface area contributed by atoms with Crippen LogP contribution < -0.4 is 4.74 Å². The van der Waals surface area contributed by atoms with Gasteiger partial charge in [-0.25, -0.2) is 4.68 Å². The van der Waals surface area contributed by atoms with E-state index < -0.39 is 0 Å². The monoisotopic (exact) mass is 421 g/mol. The summed E-state index contributed by atoms with van der Waals surface area (Å²) < 4.78 is 9.06. The van der Waals surface area contributed by atoms with Gasteiger partial charge in [-0.05, 0) is 32.0 Å². The highest BCUT2D eigenvalue weighted by atomic mass is 35.5. The molecule has 0 saturated carbocycles. The fourth-order valence-corrected chi connectivity index (χ4v) is 3.11. The quantitative estimate of drug-likeness (QED) is 0.577. The second-order valence-corrected chi connectivity index (χ2v) is 7.08. The third kappa shape index (κ3) is 4.31. The maximum atomic E-state index is 12.7. The third-order valence-electron chi connectivity index (χ3n) is 4.39. The van der Waals surface area contributed by atoms with Crippen molar-refractivity contribution in [1.29, 1.82) is 0 Å². The molecule has 0 radical (unpaired) electrons. The molecule has 1 amide bonds. The van der Waals surface area contributed by atoms with Crippen molar-refractivity contribution < 1.29 is 9.53 Å². The highest BCUT2D eigenvalue weighted by Gasteiger charge is 2.17. The first-order chi connectivity index (χ1) is 13.4. The second kappa shape index (κ2) is 8.67. The van der Waals surface area contributed by atoms with E-state index in [1.165, 1.54) is 4.68 Å². The molecule has 0 atom stereocenters. The molecule has 2 aromatic heterocycles. The fourth-order valence-electron chi connectivity index (χ4n) is 2.76. The van der Waals surface area contributed by atoms with Crippen molar-refractivity contribution in [2.45, 2.75) is 33.7 Å². The fraction of sp³-hybridized carbons (Fsp3) is 0.316. The van der Waals surface area contributed by atoms with Gasteiger partial charge in [0.1, 0.15) is 10.8 Å². The number of rotatable bonds is 7. The molecule has 0 spiro atoms. The van der Waals surface area contributed by atoms with E-state index in [0.717, 1.165) is 17.8 Å². The molecule has 7 nitrogen and oxygen atoms in total. The van der Waals surface area contributed by atoms with Gasteiger partial charge in [0.2, 0.25) is 0 Å². The van der Waals surface area contributed by atoms with Gasteiger partial charge >= 0.3 is 0 Å². The van der Waals surface area contributed by atoms with Crippen LogP contribution in [0.3, 0.4) is 0 Å². The topological polar surface area (TPSA) is 65.2 Å². The molecule has 0 unspecified atom stereocenters. The first-order valence-electron chi connectivity index (χ1n) is 8.77. The summed E-state index contributed by atoms with van der Waals surface area (Å²) in [4.78, 5) is 14.3. The number of benzene rings is 1. The van der Waals surface area contributed by atoms with Crippen molar-refractivity contribution in [1.82, 2.24) is 24.5 Å². The van der Waals surface area contributed by atoms with Gasteiger partial charge in [0.25, 0.3) is 5.91 Å². The molecule has 148 valence electrons. The van der Waals surface area contributed by atoms with Crippen LogP contribution in [0.4, 0.5) is 0 Å². The molecule has 0 N–H and O–H groups in total. The number of carbonyl (C=O) groups excluding carboxylic acids is 1. The lowest BCUT2D eigenvalue weighted by atomic mass is 10.2. The lowest BCUT2D eigenvalue weighted by Gasteiger charge is -2.15. The minimum absolute atomic E-state index is 0.111. The summed E-state index contributed by atoms with van der Waals surface area (Å²) in [6.07, 6.45) is 3.48. The van der Waals surface area contributed by atoms with Crippen LogP contribution in [0.2, 0.25) is 10.0 Å². The normalized spacial score (nSPS) is 10.9. The summed E-state index contributed by atoms with van der Waals surface area (Å²) in [5, 5.41) is 9.36. The van der Waals surface area contributed by atoms with Gasteiger partial charge in [0.05, 0.1) is 11.2 Å². The Labute approximate surface area is 173 Å². The van der Waals surface area contributed by atoms with Crippen LogP contribution in [0.15, 0.2) is 36.7 Å². The van der Waals surface area contributed by atoms with E-state index in [2.05, 4.69) is 10.2 Å². The van der Waals surface area contributed by atoms with Crippen LogP contribution in [0.25, 0.3) is 0 Å². The molecule has 0 aliphatic heterocycles. The van der Waals surface area contributed by atoms with Crippen molar-refractivity contribution in [3.05, 3.63) is 63.7 Å². The van der Waals surface area contributed by atoms with Crippen LogP contribution in [0, 0.1) is 6.92 Å². The molecular formula is C19H21Cl2N5O2. The average molecular weight is 422 g/mol. The summed E-state index contributed by atoms with van der Waals surface area (Å²) in [6.45, 7) is 5.40. The first kappa shape index (κ1) is 20.2. The Morgan fingerprint density at radius 2 is 2.07 bits per heavy atom. The Kier molecular flexibility index (Phi) is 6.26. The van der Waals surface area contributed by atoms with Gasteiger partial charge in [-0.2, -0.15) is 10.2 Å². The SMILES string of the molecule is CCn1ncc(CN(C)C(=O)c2ccn(COc3cccc(Cl)c3Cl)n2)c1C. The minimum atomic E-state index is -0.178. The number of hydrogen-bond donors (Lipinski definition) is 0. The summed E-state index contributed by atoms with van der Waals surface area (Å²) in [5.41, 5.74) is 2.40. The number of nitrogens with zero attached hydrogens (tertiary/aromatic N) is 5. The lowest BCUT2D eigenvalue weighted by Crippen LogP contribution is -2.27. The van der Waals surface area contributed by atoms with E-state index in [-0.39, 0.29) is 12.6 Å². The van der Waals surface area contributed by atoms with E-state index >= 15 is 0 Å². The van der Waals surface area contributed by atoms with Crippen molar-refractivity contribution in [2.24, 2.45) is 0 Å². The Bertz CT molecular complexity index is 983. The Morgan fingerprint density at radius 1 is 1.29 bits per heavy atom. The molecule has 9 heteroatoms. The van der Waals surface area contributed by atoms with Crippen molar-refractivity contribution in [3.63, 3.8) is 0 Å². The Morgan fingerprint density at radius 3 is 2.79 bits per heavy atom. The summed E-state index contributed by atoms with van der Waals surface area (Å²) >= 11 is 12.1. The highest BCUT2D eigenvalue weighted by molar-refractivity contribution is 6.42. The van der Waals surface area contributed by atoms with Gasteiger partial charge in [-0.3, -0.25) is 9.48 Å². The number of aromatic nitrogens is 4. The van der Waals surface area contributed by atoms with Crippen LogP contribution in [-0.2, 0) is 19.8 Å². The molecule has 0 saturated heterocycles. The maximum Gasteiger partial charge on any atom is 0.274 e. The molecule has 2 heterocycles. The Balaban J connectivity index is 1.63. The predicted molar refractivity (Wildman–Crippen MR) is 108 cm³/mol. The van der Waals surface area contributed by atoms with Crippen LogP contribution in [0.5, 0.6) is 5.75 Å². The molecule has 0 aliphatic rings. The molecule has 0 bridgehead atoms. The van der Waals surface area contributed by atoms with E-state index in [4.69, 9.17) is 27.9 Å². The molecule has 28 heavy (non-hydrogen) atoms. The molecule has 3 rings (SSSR count). The number of hydrogen-bond acceptors (Lipinski definition) is 4. The van der Waals surface area contributed by atoms with E-state index in [1.54, 1.807) is 48.6 Å². The zero-order valence-corrected chi connectivity index (χ0v) is 17.4. The number of carbonyl (C=O) groups is 1. The summed E-state index contributed by atoms with van der Waals surface area (Å²) in [5.74, 6) is 0.279. The van der Waals surface area contributed by atoms with Crippen LogP contribution in [0.1, 0.15) is 28.7 Å². The third-order valence-corrected chi connectivity index (χ3v) is 5.19. The first-order valence-corrected chi connectivity index (χ1v) is 9.53. The maximum absolute atomic E-state index is 12.7. The van der Waals surface area contributed by atoms with Crippen molar-refractivity contribution >= 4 is 29.1 Å². The zero-order valence-electron chi connectivity index (χ0n) is 15.9. The number of aryl methyl sites for hydroxylation is 1. The van der Waals surface area contributed by atoms with Crippen LogP contribution >= 0.6 is 23.2 Å². The van der Waals surface area contributed by atoms with Crippen molar-refractivity contribution in [3.8, 4) is 5.75 Å². The van der Waals surface area contributed by atoms with E-state index in [9.17, 15) is 4.79 Å². The standard InChI is InChI=1S/C19H21Cl2N5O2/c1-4-26-13(2)14(10-22-26)11-24(3)19(27)16-8-9-25(23-16)12-28-17-7-5-6-15(20)18(17)21/h5-10H,4,11-12H2,1-3H3. The highest BCUT2D eigenvalue weighted by Crippen LogP contribution is 2.31. The summed E-state index contributed by atoms with van der Waals surface area (Å²) in [6, 6.07) is 6.81. The molecule has 0 fully saturated rings. The Hall–Kier alpha value is -2.51. The predicted octanol–water partition coefficient (Wildman–Crippen LogP) is 4.02. The molecule has 3 aromatic rings. The van der Waals surface area contributed by atoms with Gasteiger partial charge in [-0.1, -0.05) is 29.3 Å². The van der Waals surface area contributed by atoms with Gasteiger partial charge in [0, 0.05) is 37.6 Å². The molecular weight excluding hydrogens is 401 g/mol. The minimum Gasteiger partial charge on any atom is -0.470 e. The van der Waals surface area contributed by atoms with Gasteiger partial charge in [0.15, 0.2) is 12.4 Å². The lowest BCUT2D eigenvalue weighted by molar-refractivity contribution is 0.0777. The average Bonchev–Trinajstić information content (AvgIpc) is 3.29.